The van der Waals surface area contributed by atoms with Gasteiger partial charge in [-0.15, -0.1) is 11.3 Å². The molecule has 0 aliphatic carbocycles. The highest BCUT2D eigenvalue weighted by molar-refractivity contribution is 7.10. The third-order valence-electron chi connectivity index (χ3n) is 4.14. The number of nitrogens with zero attached hydrogens (tertiary/aromatic N) is 5. The van der Waals surface area contributed by atoms with Crippen molar-refractivity contribution in [3.63, 3.8) is 0 Å². The summed E-state index contributed by atoms with van der Waals surface area (Å²) in [5.74, 6) is -0.607. The van der Waals surface area contributed by atoms with E-state index in [1.54, 1.807) is 0 Å². The number of pyridine rings is 2. The van der Waals surface area contributed by atoms with E-state index in [2.05, 4.69) is 30.2 Å². The second-order valence-electron chi connectivity index (χ2n) is 6.19. The van der Waals surface area contributed by atoms with Gasteiger partial charge in [0, 0.05) is 6.20 Å². The van der Waals surface area contributed by atoms with Gasteiger partial charge in [-0.2, -0.15) is 31.3 Å². The summed E-state index contributed by atoms with van der Waals surface area (Å²) in [7, 11) is 1.06. The van der Waals surface area contributed by atoms with E-state index >= 15 is 0 Å². The zero-order valence-corrected chi connectivity index (χ0v) is 16.6. The van der Waals surface area contributed by atoms with E-state index in [0.717, 1.165) is 30.9 Å². The summed E-state index contributed by atoms with van der Waals surface area (Å²) in [6.45, 7) is 0. The Morgan fingerprint density at radius 3 is 2.41 bits per heavy atom. The molecule has 0 saturated heterocycles. The minimum Gasteiger partial charge on any atom is -0.481 e. The van der Waals surface area contributed by atoms with Crippen LogP contribution in [0.1, 0.15) is 10.4 Å². The van der Waals surface area contributed by atoms with E-state index in [0.29, 0.717) is 11.3 Å². The molecular formula is C18H10F6N6OS. The molecule has 0 atom stereocenters. The Hall–Kier alpha value is -3.55. The van der Waals surface area contributed by atoms with E-state index in [9.17, 15) is 26.3 Å². The highest BCUT2D eigenvalue weighted by Crippen LogP contribution is 2.39. The number of fused-ring (bicyclic) bond motifs is 1. The summed E-state index contributed by atoms with van der Waals surface area (Å²) in [6.07, 6.45) is -6.82. The van der Waals surface area contributed by atoms with Gasteiger partial charge in [0.2, 0.25) is 5.88 Å². The number of halogens is 6. The number of methoxy groups -OCH3 is 1. The fraction of sp³-hybridized carbons (Fsp3) is 0.167. The Labute approximate surface area is 179 Å². The summed E-state index contributed by atoms with van der Waals surface area (Å²) in [5, 5.41) is 2.80. The van der Waals surface area contributed by atoms with Gasteiger partial charge in [-0.05, 0) is 18.2 Å². The molecular weight excluding hydrogens is 462 g/mol. The topological polar surface area (TPSA) is 85.7 Å². The van der Waals surface area contributed by atoms with E-state index in [-0.39, 0.29) is 34.1 Å². The molecule has 32 heavy (non-hydrogen) atoms. The summed E-state index contributed by atoms with van der Waals surface area (Å²) in [6, 6.07) is 3.37. The molecule has 0 aromatic carbocycles. The minimum absolute atomic E-state index is 0.00695. The number of hydrogen-bond acceptors (Lipinski definition) is 8. The molecule has 1 N–H and O–H groups in total. The van der Waals surface area contributed by atoms with Crippen molar-refractivity contribution in [2.24, 2.45) is 0 Å². The highest BCUT2D eigenvalue weighted by Gasteiger charge is 2.37. The molecule has 0 fully saturated rings. The lowest BCUT2D eigenvalue weighted by atomic mass is 10.2. The van der Waals surface area contributed by atoms with Gasteiger partial charge in [-0.1, -0.05) is 0 Å². The maximum atomic E-state index is 13.2. The Morgan fingerprint density at radius 2 is 1.72 bits per heavy atom. The van der Waals surface area contributed by atoms with Gasteiger partial charge in [-0.25, -0.2) is 19.9 Å². The van der Waals surface area contributed by atoms with Crippen LogP contribution < -0.4 is 10.1 Å². The van der Waals surface area contributed by atoms with Crippen LogP contribution in [0, 0.1) is 0 Å². The molecule has 7 nitrogen and oxygen atoms in total. The number of anilines is 2. The fourth-order valence-electron chi connectivity index (χ4n) is 2.78. The summed E-state index contributed by atoms with van der Waals surface area (Å²) in [5.41, 5.74) is -0.0283. The van der Waals surface area contributed by atoms with Crippen LogP contribution >= 0.6 is 11.3 Å². The normalized spacial score (nSPS) is 12.2. The first-order valence-corrected chi connectivity index (χ1v) is 9.48. The van der Waals surface area contributed by atoms with Crippen LogP contribution in [0.25, 0.3) is 22.6 Å². The number of ether oxygens (including phenoxy) is 1. The zero-order valence-electron chi connectivity index (χ0n) is 15.8. The van der Waals surface area contributed by atoms with Gasteiger partial charge in [0.05, 0.1) is 24.5 Å². The third kappa shape index (κ3) is 4.12. The predicted octanol–water partition coefficient (Wildman–Crippen LogP) is 5.33. The monoisotopic (exact) mass is 472 g/mol. The molecule has 0 saturated carbocycles. The first-order chi connectivity index (χ1) is 15.1. The van der Waals surface area contributed by atoms with Crippen molar-refractivity contribution in [2.75, 3.05) is 12.4 Å². The maximum Gasteiger partial charge on any atom is 0.427 e. The number of thiazole rings is 1. The van der Waals surface area contributed by atoms with E-state index in [1.165, 1.54) is 12.3 Å². The molecule has 0 bridgehead atoms. The summed E-state index contributed by atoms with van der Waals surface area (Å²) >= 11 is 0.431. The second-order valence-corrected chi connectivity index (χ2v) is 7.04. The molecule has 166 valence electrons. The standard InChI is InChI=1S/C18H10F6N6OS/c1-31-16-8(17(19,20)21)2-3-11(30-16)28-9-4-5-25-15-13(9)26-6-10(29-15)12-14(18(22,23)24)32-7-27-12/h2-7H,1H3,(H,25,28,29,30). The molecule has 0 amide bonds. The van der Waals surface area contributed by atoms with Crippen molar-refractivity contribution in [1.29, 1.82) is 0 Å². The quantitative estimate of drug-likeness (QED) is 0.402. The SMILES string of the molecule is COc1nc(Nc2ccnc3nc(-c4ncsc4C(F)(F)F)cnc23)ccc1C(F)(F)F. The lowest BCUT2D eigenvalue weighted by Crippen LogP contribution is -2.09. The van der Waals surface area contributed by atoms with Crippen molar-refractivity contribution >= 4 is 34.0 Å². The number of rotatable bonds is 4. The Morgan fingerprint density at radius 1 is 0.938 bits per heavy atom. The number of hydrogen-bond donors (Lipinski definition) is 1. The number of aromatic nitrogens is 5. The van der Waals surface area contributed by atoms with Crippen LogP contribution in [-0.4, -0.2) is 32.0 Å². The van der Waals surface area contributed by atoms with Crippen LogP contribution in [0.2, 0.25) is 0 Å². The van der Waals surface area contributed by atoms with Gasteiger partial charge >= 0.3 is 12.4 Å². The van der Waals surface area contributed by atoms with Crippen LogP contribution in [-0.2, 0) is 12.4 Å². The van der Waals surface area contributed by atoms with E-state index in [1.807, 2.05) is 0 Å². The lowest BCUT2D eigenvalue weighted by Gasteiger charge is -2.13. The largest absolute Gasteiger partial charge is 0.481 e. The lowest BCUT2D eigenvalue weighted by molar-refractivity contribution is -0.139. The van der Waals surface area contributed by atoms with Gasteiger partial charge in [0.15, 0.2) is 5.65 Å². The van der Waals surface area contributed by atoms with E-state index in [4.69, 9.17) is 4.74 Å². The molecule has 4 rings (SSSR count). The smallest absolute Gasteiger partial charge is 0.427 e. The average Bonchev–Trinajstić information content (AvgIpc) is 3.23. The predicted molar refractivity (Wildman–Crippen MR) is 103 cm³/mol. The van der Waals surface area contributed by atoms with Gasteiger partial charge < -0.3 is 10.1 Å². The second kappa shape index (κ2) is 7.85. The zero-order chi connectivity index (χ0) is 23.1. The molecule has 0 aliphatic rings. The van der Waals surface area contributed by atoms with Gasteiger partial charge in [0.1, 0.15) is 33.2 Å². The Bertz CT molecular complexity index is 1290. The van der Waals surface area contributed by atoms with Crippen molar-refractivity contribution in [3.8, 4) is 17.3 Å². The van der Waals surface area contributed by atoms with Crippen molar-refractivity contribution < 1.29 is 31.1 Å². The molecule has 0 radical (unpaired) electrons. The van der Waals surface area contributed by atoms with Gasteiger partial charge in [-0.3, -0.25) is 0 Å². The molecule has 0 aliphatic heterocycles. The Kier molecular flexibility index (Phi) is 5.32. The number of alkyl halides is 6. The number of nitrogens with one attached hydrogen (secondary N) is 1. The van der Waals surface area contributed by atoms with Crippen molar-refractivity contribution in [1.82, 2.24) is 24.9 Å². The molecule has 0 unspecified atom stereocenters. The van der Waals surface area contributed by atoms with Gasteiger partial charge in [0.25, 0.3) is 0 Å². The van der Waals surface area contributed by atoms with Crippen LogP contribution in [0.3, 0.4) is 0 Å². The van der Waals surface area contributed by atoms with E-state index < -0.39 is 28.7 Å². The summed E-state index contributed by atoms with van der Waals surface area (Å²) in [4.78, 5) is 18.9. The first-order valence-electron chi connectivity index (χ1n) is 8.60. The molecule has 4 heterocycles. The van der Waals surface area contributed by atoms with Crippen LogP contribution in [0.15, 0.2) is 36.1 Å². The molecule has 4 aromatic rings. The maximum absolute atomic E-state index is 13.2. The summed E-state index contributed by atoms with van der Waals surface area (Å²) < 4.78 is 83.3. The minimum atomic E-state index is -4.65. The first kappa shape index (κ1) is 21.7. The average molecular weight is 472 g/mol. The van der Waals surface area contributed by atoms with Crippen molar-refractivity contribution in [3.05, 3.63) is 46.5 Å². The van der Waals surface area contributed by atoms with Crippen LogP contribution in [0.4, 0.5) is 37.8 Å². The molecule has 14 heteroatoms. The highest BCUT2D eigenvalue weighted by atomic mass is 32.1. The fourth-order valence-corrected chi connectivity index (χ4v) is 3.45. The van der Waals surface area contributed by atoms with Crippen molar-refractivity contribution in [2.45, 2.75) is 12.4 Å². The third-order valence-corrected chi connectivity index (χ3v) is 5.01. The molecule has 4 aromatic heterocycles. The van der Waals surface area contributed by atoms with Crippen LogP contribution in [0.5, 0.6) is 5.88 Å². The molecule has 0 spiro atoms. The Balaban J connectivity index is 1.71.